The maximum atomic E-state index is 10.2. The Balaban J connectivity index is 3.24. The highest BCUT2D eigenvalue weighted by Gasteiger charge is 1.90. The maximum Gasteiger partial charge on any atom is 0.119 e. The monoisotopic (exact) mass is 316 g/mol. The van der Waals surface area contributed by atoms with Crippen molar-refractivity contribution in [1.29, 1.82) is 0 Å². The van der Waals surface area contributed by atoms with Gasteiger partial charge in [-0.25, -0.2) is 0 Å². The van der Waals surface area contributed by atoms with Crippen LogP contribution in [0.2, 0.25) is 0 Å². The molecular weight excluding hydrogens is 280 g/mol. The summed E-state index contributed by atoms with van der Waals surface area (Å²) in [7, 11) is 0. The zero-order chi connectivity index (χ0) is 16.8. The SMILES string of the molecule is CCCCCCCCCC#CC#CCCCCCCCCC=O. The second-order valence-electron chi connectivity index (χ2n) is 6.30. The Hall–Kier alpha value is -1.21. The number of rotatable bonds is 15. The Labute approximate surface area is 145 Å². The summed E-state index contributed by atoms with van der Waals surface area (Å²) in [6.07, 6.45) is 20.3. The van der Waals surface area contributed by atoms with Gasteiger partial charge in [0.1, 0.15) is 6.29 Å². The van der Waals surface area contributed by atoms with Crippen LogP contribution in [0.1, 0.15) is 110 Å². The topological polar surface area (TPSA) is 17.1 Å². The van der Waals surface area contributed by atoms with Gasteiger partial charge >= 0.3 is 0 Å². The predicted octanol–water partition coefficient (Wildman–Crippen LogP) is 6.45. The van der Waals surface area contributed by atoms with E-state index in [1.807, 2.05) is 0 Å². The Morgan fingerprint density at radius 3 is 1.52 bits per heavy atom. The highest BCUT2D eigenvalue weighted by atomic mass is 16.1. The third-order valence-electron chi connectivity index (χ3n) is 4.02. The average molecular weight is 317 g/mol. The van der Waals surface area contributed by atoms with Gasteiger partial charge in [-0.2, -0.15) is 0 Å². The molecule has 0 bridgehead atoms. The van der Waals surface area contributed by atoms with Gasteiger partial charge in [0.2, 0.25) is 0 Å². The minimum atomic E-state index is 0.725. The molecule has 0 radical (unpaired) electrons. The van der Waals surface area contributed by atoms with E-state index in [2.05, 4.69) is 30.6 Å². The number of carbonyl (C=O) groups is 1. The van der Waals surface area contributed by atoms with E-state index in [9.17, 15) is 4.79 Å². The Bertz CT molecular complexity index is 361. The summed E-state index contributed by atoms with van der Waals surface area (Å²) in [5.74, 6) is 12.3. The van der Waals surface area contributed by atoms with Crippen molar-refractivity contribution in [3.8, 4) is 23.7 Å². The van der Waals surface area contributed by atoms with Crippen molar-refractivity contribution in [2.24, 2.45) is 0 Å². The minimum absolute atomic E-state index is 0.725. The van der Waals surface area contributed by atoms with E-state index in [1.54, 1.807) is 0 Å². The van der Waals surface area contributed by atoms with Crippen LogP contribution in [0, 0.1) is 23.7 Å². The van der Waals surface area contributed by atoms with E-state index in [1.165, 1.54) is 77.0 Å². The molecule has 0 spiro atoms. The van der Waals surface area contributed by atoms with Crippen molar-refractivity contribution in [3.05, 3.63) is 0 Å². The second-order valence-corrected chi connectivity index (χ2v) is 6.30. The molecule has 0 aliphatic heterocycles. The van der Waals surface area contributed by atoms with Gasteiger partial charge in [0.05, 0.1) is 0 Å². The van der Waals surface area contributed by atoms with Crippen molar-refractivity contribution in [2.75, 3.05) is 0 Å². The lowest BCUT2D eigenvalue weighted by molar-refractivity contribution is -0.107. The minimum Gasteiger partial charge on any atom is -0.303 e. The maximum absolute atomic E-state index is 10.2. The van der Waals surface area contributed by atoms with Crippen molar-refractivity contribution < 1.29 is 4.79 Å². The fraction of sp³-hybridized carbons (Fsp3) is 0.773. The van der Waals surface area contributed by atoms with Gasteiger partial charge in [-0.3, -0.25) is 0 Å². The van der Waals surface area contributed by atoms with Gasteiger partial charge in [-0.05, 0) is 31.1 Å². The van der Waals surface area contributed by atoms with Crippen molar-refractivity contribution >= 4 is 6.29 Å². The third kappa shape index (κ3) is 20.8. The van der Waals surface area contributed by atoms with Gasteiger partial charge in [0.15, 0.2) is 0 Å². The highest BCUT2D eigenvalue weighted by Crippen LogP contribution is 2.08. The molecule has 130 valence electrons. The average Bonchev–Trinajstić information content (AvgIpc) is 2.57. The molecule has 0 heterocycles. The van der Waals surface area contributed by atoms with Crippen molar-refractivity contribution in [2.45, 2.75) is 110 Å². The lowest BCUT2D eigenvalue weighted by Gasteiger charge is -1.97. The lowest BCUT2D eigenvalue weighted by Crippen LogP contribution is -1.81. The van der Waals surface area contributed by atoms with Crippen LogP contribution in [0.15, 0.2) is 0 Å². The summed E-state index contributed by atoms with van der Waals surface area (Å²) in [4.78, 5) is 10.2. The molecule has 1 heteroatoms. The number of hydrogen-bond donors (Lipinski definition) is 0. The number of unbranched alkanes of at least 4 members (excludes halogenated alkanes) is 14. The van der Waals surface area contributed by atoms with Crippen LogP contribution in [-0.2, 0) is 4.79 Å². The normalized spacial score (nSPS) is 9.61. The van der Waals surface area contributed by atoms with Crippen LogP contribution in [0.25, 0.3) is 0 Å². The van der Waals surface area contributed by atoms with Gasteiger partial charge < -0.3 is 4.79 Å². The molecule has 0 atom stereocenters. The van der Waals surface area contributed by atoms with Gasteiger partial charge in [-0.1, -0.05) is 83.0 Å². The summed E-state index contributed by atoms with van der Waals surface area (Å²) < 4.78 is 0. The molecule has 0 saturated carbocycles. The van der Waals surface area contributed by atoms with E-state index in [0.717, 1.165) is 32.0 Å². The van der Waals surface area contributed by atoms with Crippen molar-refractivity contribution in [3.63, 3.8) is 0 Å². The first kappa shape index (κ1) is 21.8. The predicted molar refractivity (Wildman–Crippen MR) is 101 cm³/mol. The Kier molecular flexibility index (Phi) is 19.7. The zero-order valence-electron chi connectivity index (χ0n) is 15.3. The number of carbonyl (C=O) groups excluding carboxylic acids is 1. The van der Waals surface area contributed by atoms with Crippen LogP contribution in [0.5, 0.6) is 0 Å². The molecular formula is C22H36O. The molecule has 0 unspecified atom stereocenters. The van der Waals surface area contributed by atoms with E-state index in [0.29, 0.717) is 0 Å². The Morgan fingerprint density at radius 1 is 0.609 bits per heavy atom. The van der Waals surface area contributed by atoms with Crippen LogP contribution in [-0.4, -0.2) is 6.29 Å². The van der Waals surface area contributed by atoms with Gasteiger partial charge in [-0.15, -0.1) is 0 Å². The largest absolute Gasteiger partial charge is 0.303 e. The summed E-state index contributed by atoms with van der Waals surface area (Å²) in [6, 6.07) is 0. The Morgan fingerprint density at radius 2 is 1.04 bits per heavy atom. The van der Waals surface area contributed by atoms with Crippen molar-refractivity contribution in [1.82, 2.24) is 0 Å². The molecule has 0 aliphatic rings. The summed E-state index contributed by atoms with van der Waals surface area (Å²) in [5, 5.41) is 0. The molecule has 0 aromatic heterocycles. The molecule has 0 rings (SSSR count). The molecule has 0 aliphatic carbocycles. The number of hydrogen-bond acceptors (Lipinski definition) is 1. The second kappa shape index (κ2) is 20.8. The highest BCUT2D eigenvalue weighted by molar-refractivity contribution is 5.48. The summed E-state index contributed by atoms with van der Waals surface area (Å²) >= 11 is 0. The van der Waals surface area contributed by atoms with E-state index in [-0.39, 0.29) is 0 Å². The summed E-state index contributed by atoms with van der Waals surface area (Å²) in [5.41, 5.74) is 0. The molecule has 0 saturated heterocycles. The van der Waals surface area contributed by atoms with Gasteiger partial charge in [0, 0.05) is 19.3 Å². The van der Waals surface area contributed by atoms with Crippen LogP contribution < -0.4 is 0 Å². The lowest BCUT2D eigenvalue weighted by atomic mass is 10.1. The molecule has 0 N–H and O–H groups in total. The first-order valence-electron chi connectivity index (χ1n) is 9.81. The first-order chi connectivity index (χ1) is 11.4. The fourth-order valence-corrected chi connectivity index (χ4v) is 2.53. The molecule has 0 aromatic rings. The molecule has 0 amide bonds. The van der Waals surface area contributed by atoms with Crippen LogP contribution in [0.4, 0.5) is 0 Å². The van der Waals surface area contributed by atoms with Crippen LogP contribution >= 0.6 is 0 Å². The standard InChI is InChI=1S/C22H36O/c1-2-3-4-5-6-7-8-9-10-11-12-13-14-15-16-17-18-19-20-21-22-23/h22H,2-9,14-21H2,1H3. The third-order valence-corrected chi connectivity index (χ3v) is 4.02. The van der Waals surface area contributed by atoms with E-state index < -0.39 is 0 Å². The molecule has 0 fully saturated rings. The number of aldehydes is 1. The molecule has 23 heavy (non-hydrogen) atoms. The van der Waals surface area contributed by atoms with E-state index >= 15 is 0 Å². The zero-order valence-corrected chi connectivity index (χ0v) is 15.3. The van der Waals surface area contributed by atoms with Crippen LogP contribution in [0.3, 0.4) is 0 Å². The van der Waals surface area contributed by atoms with E-state index in [4.69, 9.17) is 0 Å². The molecule has 0 aromatic carbocycles. The first-order valence-corrected chi connectivity index (χ1v) is 9.81. The smallest absolute Gasteiger partial charge is 0.119 e. The van der Waals surface area contributed by atoms with Gasteiger partial charge in [0.25, 0.3) is 0 Å². The quantitative estimate of drug-likeness (QED) is 0.193. The fourth-order valence-electron chi connectivity index (χ4n) is 2.53. The summed E-state index contributed by atoms with van der Waals surface area (Å²) in [6.45, 7) is 2.26. The molecule has 1 nitrogen and oxygen atoms in total.